The number of hydrogen-bond acceptors (Lipinski definition) is 3. The Hall–Kier alpha value is -2.36. The molecule has 1 amide bonds. The molecule has 0 bridgehead atoms. The van der Waals surface area contributed by atoms with Gasteiger partial charge in [-0.3, -0.25) is 9.78 Å². The van der Waals surface area contributed by atoms with Gasteiger partial charge in [-0.2, -0.15) is 0 Å². The third-order valence-electron chi connectivity index (χ3n) is 3.81. The molecule has 2 aromatic rings. The number of carbonyl (C=O) groups excluding carboxylic acids is 1. The Balaban J connectivity index is 2.18. The molecule has 4 nitrogen and oxygen atoms in total. The normalized spacial score (nSPS) is 10.9. The number of anilines is 1. The lowest BCUT2D eigenvalue weighted by Crippen LogP contribution is -2.31. The van der Waals surface area contributed by atoms with Gasteiger partial charge in [-0.25, -0.2) is 0 Å². The van der Waals surface area contributed by atoms with Crippen LogP contribution in [0.3, 0.4) is 0 Å². The zero-order valence-corrected chi connectivity index (χ0v) is 15.0. The first-order valence-electron chi connectivity index (χ1n) is 8.51. The molecule has 0 saturated heterocycles. The van der Waals surface area contributed by atoms with Crippen LogP contribution in [-0.4, -0.2) is 23.5 Å². The van der Waals surface area contributed by atoms with Gasteiger partial charge in [0.2, 0.25) is 0 Å². The van der Waals surface area contributed by atoms with Crippen LogP contribution in [0.25, 0.3) is 0 Å². The SMILES string of the molecule is CC(C)CNC(=O)c1cncc(N(Cc2ccccc2)C(C)C)c1. The van der Waals surface area contributed by atoms with Gasteiger partial charge in [-0.05, 0) is 31.4 Å². The fraction of sp³-hybridized carbons (Fsp3) is 0.400. The third-order valence-corrected chi connectivity index (χ3v) is 3.81. The minimum atomic E-state index is -0.0681. The van der Waals surface area contributed by atoms with Crippen molar-refractivity contribution in [1.82, 2.24) is 10.3 Å². The van der Waals surface area contributed by atoms with E-state index in [-0.39, 0.29) is 5.91 Å². The Bertz CT molecular complexity index is 653. The molecule has 0 atom stereocenters. The van der Waals surface area contributed by atoms with E-state index in [9.17, 15) is 4.79 Å². The van der Waals surface area contributed by atoms with Crippen molar-refractivity contribution in [3.63, 3.8) is 0 Å². The van der Waals surface area contributed by atoms with Crippen LogP contribution in [0.2, 0.25) is 0 Å². The van der Waals surface area contributed by atoms with Crippen molar-refractivity contribution in [3.05, 3.63) is 59.9 Å². The zero-order valence-electron chi connectivity index (χ0n) is 15.0. The van der Waals surface area contributed by atoms with E-state index in [2.05, 4.69) is 55.0 Å². The van der Waals surface area contributed by atoms with Crippen LogP contribution in [0.1, 0.15) is 43.6 Å². The highest BCUT2D eigenvalue weighted by atomic mass is 16.1. The van der Waals surface area contributed by atoms with E-state index in [1.54, 1.807) is 6.20 Å². The minimum absolute atomic E-state index is 0.0681. The molecule has 0 radical (unpaired) electrons. The standard InChI is InChI=1S/C20H27N3O/c1-15(2)11-22-20(24)18-10-19(13-21-12-18)23(16(3)4)14-17-8-6-5-7-9-17/h5-10,12-13,15-16H,11,14H2,1-4H3,(H,22,24). The fourth-order valence-corrected chi connectivity index (χ4v) is 2.46. The number of amides is 1. The van der Waals surface area contributed by atoms with Gasteiger partial charge < -0.3 is 10.2 Å². The maximum atomic E-state index is 12.3. The summed E-state index contributed by atoms with van der Waals surface area (Å²) < 4.78 is 0. The lowest BCUT2D eigenvalue weighted by atomic mass is 10.1. The second-order valence-corrected chi connectivity index (χ2v) is 6.74. The lowest BCUT2D eigenvalue weighted by Gasteiger charge is -2.29. The van der Waals surface area contributed by atoms with Crippen molar-refractivity contribution in [3.8, 4) is 0 Å². The number of carbonyl (C=O) groups is 1. The minimum Gasteiger partial charge on any atom is -0.364 e. The molecule has 0 saturated carbocycles. The molecular formula is C20H27N3O. The summed E-state index contributed by atoms with van der Waals surface area (Å²) in [6.45, 7) is 9.91. The molecular weight excluding hydrogens is 298 g/mol. The molecule has 0 aliphatic carbocycles. The second-order valence-electron chi connectivity index (χ2n) is 6.74. The number of hydrogen-bond donors (Lipinski definition) is 1. The van der Waals surface area contributed by atoms with E-state index in [0.29, 0.717) is 24.1 Å². The van der Waals surface area contributed by atoms with Crippen molar-refractivity contribution in [2.45, 2.75) is 40.3 Å². The molecule has 1 aromatic carbocycles. The predicted molar refractivity (Wildman–Crippen MR) is 99.2 cm³/mol. The Morgan fingerprint density at radius 2 is 1.83 bits per heavy atom. The summed E-state index contributed by atoms with van der Waals surface area (Å²) in [5, 5.41) is 2.95. The van der Waals surface area contributed by atoms with Gasteiger partial charge in [0.05, 0.1) is 17.4 Å². The van der Waals surface area contributed by atoms with E-state index in [4.69, 9.17) is 0 Å². The number of nitrogens with zero attached hydrogens (tertiary/aromatic N) is 2. The van der Waals surface area contributed by atoms with Crippen molar-refractivity contribution < 1.29 is 4.79 Å². The number of benzene rings is 1. The average Bonchev–Trinajstić information content (AvgIpc) is 2.58. The van der Waals surface area contributed by atoms with Gasteiger partial charge in [-0.1, -0.05) is 44.2 Å². The van der Waals surface area contributed by atoms with Crippen molar-refractivity contribution in [2.75, 3.05) is 11.4 Å². The van der Waals surface area contributed by atoms with Gasteiger partial charge in [0, 0.05) is 25.3 Å². The maximum Gasteiger partial charge on any atom is 0.252 e. The summed E-state index contributed by atoms with van der Waals surface area (Å²) in [5.41, 5.74) is 2.80. The molecule has 4 heteroatoms. The highest BCUT2D eigenvalue weighted by Gasteiger charge is 2.14. The first-order valence-corrected chi connectivity index (χ1v) is 8.51. The van der Waals surface area contributed by atoms with Crippen molar-refractivity contribution in [1.29, 1.82) is 0 Å². The van der Waals surface area contributed by atoms with Gasteiger partial charge in [0.15, 0.2) is 0 Å². The summed E-state index contributed by atoms with van der Waals surface area (Å²) in [6.07, 6.45) is 3.45. The third kappa shape index (κ3) is 5.08. The molecule has 1 N–H and O–H groups in total. The summed E-state index contributed by atoms with van der Waals surface area (Å²) >= 11 is 0. The smallest absolute Gasteiger partial charge is 0.252 e. The zero-order chi connectivity index (χ0) is 17.5. The van der Waals surface area contributed by atoms with Crippen LogP contribution in [0.5, 0.6) is 0 Å². The number of aromatic nitrogens is 1. The van der Waals surface area contributed by atoms with E-state index < -0.39 is 0 Å². The first kappa shape index (κ1) is 18.0. The van der Waals surface area contributed by atoms with Crippen LogP contribution in [0, 0.1) is 5.92 Å². The largest absolute Gasteiger partial charge is 0.364 e. The summed E-state index contributed by atoms with van der Waals surface area (Å²) in [4.78, 5) is 18.8. The van der Waals surface area contributed by atoms with E-state index in [1.165, 1.54) is 5.56 Å². The highest BCUT2D eigenvalue weighted by molar-refractivity contribution is 5.94. The molecule has 0 unspecified atom stereocenters. The molecule has 1 heterocycles. The second kappa shape index (κ2) is 8.48. The number of nitrogens with one attached hydrogen (secondary N) is 1. The topological polar surface area (TPSA) is 45.2 Å². The van der Waals surface area contributed by atoms with Crippen LogP contribution in [0.4, 0.5) is 5.69 Å². The highest BCUT2D eigenvalue weighted by Crippen LogP contribution is 2.20. The fourth-order valence-electron chi connectivity index (χ4n) is 2.46. The van der Waals surface area contributed by atoms with E-state index in [1.807, 2.05) is 30.5 Å². The van der Waals surface area contributed by atoms with Crippen LogP contribution >= 0.6 is 0 Å². The number of pyridine rings is 1. The van der Waals surface area contributed by atoms with Gasteiger partial charge in [-0.15, -0.1) is 0 Å². The van der Waals surface area contributed by atoms with Crippen LogP contribution in [-0.2, 0) is 6.54 Å². The average molecular weight is 325 g/mol. The van der Waals surface area contributed by atoms with Crippen molar-refractivity contribution >= 4 is 11.6 Å². The predicted octanol–water partition coefficient (Wildman–Crippen LogP) is 3.88. The molecule has 1 aromatic heterocycles. The van der Waals surface area contributed by atoms with Gasteiger partial charge in [0.1, 0.15) is 0 Å². The molecule has 0 fully saturated rings. The molecule has 128 valence electrons. The van der Waals surface area contributed by atoms with E-state index >= 15 is 0 Å². The van der Waals surface area contributed by atoms with Crippen LogP contribution in [0.15, 0.2) is 48.8 Å². The van der Waals surface area contributed by atoms with E-state index in [0.717, 1.165) is 12.2 Å². The molecule has 0 aliphatic heterocycles. The summed E-state index contributed by atoms with van der Waals surface area (Å²) in [6, 6.07) is 12.6. The van der Waals surface area contributed by atoms with Crippen molar-refractivity contribution in [2.24, 2.45) is 5.92 Å². The molecule has 24 heavy (non-hydrogen) atoms. The number of rotatable bonds is 7. The Morgan fingerprint density at radius 1 is 1.12 bits per heavy atom. The van der Waals surface area contributed by atoms with Gasteiger partial charge in [0.25, 0.3) is 5.91 Å². The summed E-state index contributed by atoms with van der Waals surface area (Å²) in [5.74, 6) is 0.358. The monoisotopic (exact) mass is 325 g/mol. The molecule has 2 rings (SSSR count). The first-order chi connectivity index (χ1) is 11.5. The lowest BCUT2D eigenvalue weighted by molar-refractivity contribution is 0.0948. The Kier molecular flexibility index (Phi) is 6.36. The quantitative estimate of drug-likeness (QED) is 0.840. The molecule has 0 aliphatic rings. The maximum absolute atomic E-state index is 12.3. The molecule has 0 spiro atoms. The Morgan fingerprint density at radius 3 is 2.46 bits per heavy atom. The Labute approximate surface area is 144 Å². The summed E-state index contributed by atoms with van der Waals surface area (Å²) in [7, 11) is 0. The van der Waals surface area contributed by atoms with Crippen LogP contribution < -0.4 is 10.2 Å². The van der Waals surface area contributed by atoms with Gasteiger partial charge >= 0.3 is 0 Å².